The highest BCUT2D eigenvalue weighted by atomic mass is 17.5. The summed E-state index contributed by atoms with van der Waals surface area (Å²) >= 11 is 0. The molecule has 0 atom stereocenters. The Morgan fingerprint density at radius 3 is 1.40 bits per heavy atom. The van der Waals surface area contributed by atoms with Crippen LogP contribution in [0.25, 0.3) is 0 Å². The first-order valence-electron chi connectivity index (χ1n) is 13.3. The fourth-order valence-electron chi connectivity index (χ4n) is 3.99. The third-order valence-electron chi connectivity index (χ3n) is 6.03. The van der Waals surface area contributed by atoms with E-state index in [-0.39, 0.29) is 36.2 Å². The molecule has 1 aliphatic carbocycles. The van der Waals surface area contributed by atoms with Crippen molar-refractivity contribution in [1.29, 1.82) is 0 Å². The molecular formula is C28H32O14. The maximum atomic E-state index is 12.0. The fraction of sp³-hybridized carbons (Fsp3) is 0.429. The molecule has 0 unspecified atom stereocenters. The van der Waals surface area contributed by atoms with E-state index in [4.69, 9.17) is 18.9 Å². The third-order valence-corrected chi connectivity index (χ3v) is 6.03. The van der Waals surface area contributed by atoms with Gasteiger partial charge in [-0.25, -0.2) is 29.0 Å². The molecule has 1 aliphatic rings. The highest BCUT2D eigenvalue weighted by Crippen LogP contribution is 2.29. The van der Waals surface area contributed by atoms with Crippen LogP contribution in [0.15, 0.2) is 48.5 Å². The summed E-state index contributed by atoms with van der Waals surface area (Å²) < 4.78 is 20.6. The van der Waals surface area contributed by atoms with Crippen molar-refractivity contribution in [3.63, 3.8) is 0 Å². The van der Waals surface area contributed by atoms with Gasteiger partial charge in [0, 0.05) is 0 Å². The Labute approximate surface area is 241 Å². The molecule has 2 aromatic rings. The van der Waals surface area contributed by atoms with Gasteiger partial charge in [0.25, 0.3) is 0 Å². The van der Waals surface area contributed by atoms with Crippen LogP contribution in [0.3, 0.4) is 0 Å². The van der Waals surface area contributed by atoms with Crippen molar-refractivity contribution in [3.8, 4) is 11.5 Å². The van der Waals surface area contributed by atoms with E-state index in [2.05, 4.69) is 29.6 Å². The number of rotatable bonds is 14. The summed E-state index contributed by atoms with van der Waals surface area (Å²) in [4.78, 5) is 64.9. The molecule has 3 rings (SSSR count). The second-order valence-corrected chi connectivity index (χ2v) is 8.97. The molecule has 0 aromatic heterocycles. The molecule has 0 radical (unpaired) electrons. The minimum Gasteiger partial charge on any atom is -0.494 e. The van der Waals surface area contributed by atoms with E-state index in [1.165, 1.54) is 24.3 Å². The summed E-state index contributed by atoms with van der Waals surface area (Å²) in [6.45, 7) is 4.59. The smallest absolute Gasteiger partial charge is 0.494 e. The van der Waals surface area contributed by atoms with E-state index >= 15 is 0 Å². The van der Waals surface area contributed by atoms with Crippen LogP contribution >= 0.6 is 0 Å². The Morgan fingerprint density at radius 1 is 0.619 bits per heavy atom. The van der Waals surface area contributed by atoms with Crippen molar-refractivity contribution >= 4 is 24.2 Å². The number of carbonyl (C=O) groups is 4. The van der Waals surface area contributed by atoms with Crippen LogP contribution in [-0.4, -0.2) is 50.7 Å². The highest BCUT2D eigenvalue weighted by Gasteiger charge is 2.25. The average Bonchev–Trinajstić information content (AvgIpc) is 3.00. The van der Waals surface area contributed by atoms with E-state index in [0.29, 0.717) is 50.4 Å². The lowest BCUT2D eigenvalue weighted by Gasteiger charge is -2.27. The predicted molar refractivity (Wildman–Crippen MR) is 139 cm³/mol. The maximum Gasteiger partial charge on any atom is 0.543 e. The predicted octanol–water partition coefficient (Wildman–Crippen LogP) is 5.30. The van der Waals surface area contributed by atoms with E-state index in [9.17, 15) is 19.2 Å². The summed E-state index contributed by atoms with van der Waals surface area (Å²) in [5.41, 5.74) is 0.283. The molecule has 0 aliphatic heterocycles. The number of hydrogen-bond donors (Lipinski definition) is 0. The van der Waals surface area contributed by atoms with E-state index < -0.39 is 24.2 Å². The Morgan fingerprint density at radius 2 is 1.02 bits per heavy atom. The molecule has 42 heavy (non-hydrogen) atoms. The summed E-state index contributed by atoms with van der Waals surface area (Å²) in [7, 11) is 0. The molecule has 0 heterocycles. The zero-order valence-electron chi connectivity index (χ0n) is 23.1. The number of hydrogen-bond acceptors (Lipinski definition) is 14. The van der Waals surface area contributed by atoms with E-state index in [1.807, 2.05) is 0 Å². The van der Waals surface area contributed by atoms with Gasteiger partial charge in [-0.15, -0.1) is 0 Å². The van der Waals surface area contributed by atoms with E-state index in [1.54, 1.807) is 38.1 Å². The van der Waals surface area contributed by atoms with Crippen molar-refractivity contribution in [2.24, 2.45) is 11.8 Å². The summed E-state index contributed by atoms with van der Waals surface area (Å²) in [6, 6.07) is 12.4. The first-order valence-corrected chi connectivity index (χ1v) is 13.3. The van der Waals surface area contributed by atoms with E-state index in [0.717, 1.165) is 0 Å². The minimum atomic E-state index is -1.17. The SMILES string of the molecule is CCOc1cccc(C(=O)OOOC(=O)OCC2CCC(COC(=O)OOOC(=O)c3cccc(OCC)c3)CC2)c1. The second-order valence-electron chi connectivity index (χ2n) is 8.97. The zero-order chi connectivity index (χ0) is 30.2. The Balaban J connectivity index is 1.22. The average molecular weight is 593 g/mol. The summed E-state index contributed by atoms with van der Waals surface area (Å²) in [5.74, 6) is -0.722. The van der Waals surface area contributed by atoms with Crippen molar-refractivity contribution in [1.82, 2.24) is 0 Å². The van der Waals surface area contributed by atoms with Crippen LogP contribution in [0.4, 0.5) is 9.59 Å². The maximum absolute atomic E-state index is 12.0. The fourth-order valence-corrected chi connectivity index (χ4v) is 3.99. The Kier molecular flexibility index (Phi) is 13.2. The van der Waals surface area contributed by atoms with Gasteiger partial charge >= 0.3 is 24.2 Å². The van der Waals surface area contributed by atoms with Crippen molar-refractivity contribution < 1.29 is 67.8 Å². The normalized spacial score (nSPS) is 16.0. The Hall–Kier alpha value is -4.56. The molecule has 228 valence electrons. The molecule has 14 nitrogen and oxygen atoms in total. The van der Waals surface area contributed by atoms with Gasteiger partial charge < -0.3 is 18.9 Å². The molecule has 2 aromatic carbocycles. The van der Waals surface area contributed by atoms with Gasteiger partial charge in [-0.05, 0) is 87.8 Å². The molecular weight excluding hydrogens is 560 g/mol. The van der Waals surface area contributed by atoms with Crippen LogP contribution in [0.1, 0.15) is 60.2 Å². The lowest BCUT2D eigenvalue weighted by Crippen LogP contribution is -2.24. The molecule has 1 saturated carbocycles. The van der Waals surface area contributed by atoms with Crippen LogP contribution < -0.4 is 9.47 Å². The topological polar surface area (TPSA) is 161 Å². The van der Waals surface area contributed by atoms with Crippen LogP contribution in [0.2, 0.25) is 0 Å². The van der Waals surface area contributed by atoms with Crippen LogP contribution in [-0.2, 0) is 39.1 Å². The van der Waals surface area contributed by atoms with Gasteiger partial charge in [0.05, 0.1) is 47.6 Å². The quantitative estimate of drug-likeness (QED) is 0.158. The highest BCUT2D eigenvalue weighted by molar-refractivity contribution is 5.89. The minimum absolute atomic E-state index is 0.0496. The zero-order valence-corrected chi connectivity index (χ0v) is 23.1. The lowest BCUT2D eigenvalue weighted by atomic mass is 9.83. The molecule has 0 amide bonds. The third kappa shape index (κ3) is 11.1. The van der Waals surface area contributed by atoms with Crippen LogP contribution in [0.5, 0.6) is 11.5 Å². The van der Waals surface area contributed by atoms with Gasteiger partial charge in [-0.1, -0.05) is 12.1 Å². The monoisotopic (exact) mass is 592 g/mol. The van der Waals surface area contributed by atoms with Gasteiger partial charge in [-0.2, -0.15) is 0 Å². The van der Waals surface area contributed by atoms with Gasteiger partial charge in [0.1, 0.15) is 11.5 Å². The summed E-state index contributed by atoms with van der Waals surface area (Å²) in [6.07, 6.45) is 0.437. The van der Waals surface area contributed by atoms with Crippen molar-refractivity contribution in [2.45, 2.75) is 39.5 Å². The molecule has 14 heteroatoms. The molecule has 0 N–H and O–H groups in total. The second kappa shape index (κ2) is 17.3. The number of ether oxygens (including phenoxy) is 4. The van der Waals surface area contributed by atoms with Crippen LogP contribution in [0, 0.1) is 11.8 Å². The standard InChI is InChI=1S/C28H32O14/c1-3-33-23-9-5-7-21(15-23)25(29)37-41-39-27(31)35-17-19-11-13-20(14-12-19)18-36-28(32)40-42-38-26(30)22-8-6-10-24(16-22)34-4-2/h5-10,15-16,19-20H,3-4,11-14,17-18H2,1-2H3. The lowest BCUT2D eigenvalue weighted by molar-refractivity contribution is -0.452. The van der Waals surface area contributed by atoms with Gasteiger partial charge in [0.15, 0.2) is 0 Å². The summed E-state index contributed by atoms with van der Waals surface area (Å²) in [5, 5.41) is 8.46. The first kappa shape index (κ1) is 32.0. The number of benzene rings is 2. The molecule has 1 fully saturated rings. The van der Waals surface area contributed by atoms with Gasteiger partial charge in [0.2, 0.25) is 0 Å². The van der Waals surface area contributed by atoms with Gasteiger partial charge in [-0.3, -0.25) is 9.78 Å². The molecule has 0 bridgehead atoms. The Bertz CT molecular complexity index is 1080. The first-order chi connectivity index (χ1) is 20.4. The molecule has 0 saturated heterocycles. The number of carbonyl (C=O) groups excluding carboxylic acids is 4. The van der Waals surface area contributed by atoms with Crippen molar-refractivity contribution in [3.05, 3.63) is 59.7 Å². The molecule has 0 spiro atoms. The van der Waals surface area contributed by atoms with Crippen molar-refractivity contribution in [2.75, 3.05) is 26.4 Å². The largest absolute Gasteiger partial charge is 0.543 e.